The van der Waals surface area contributed by atoms with E-state index < -0.39 is 0 Å². The topological polar surface area (TPSA) is 58.4 Å². The molecule has 0 spiro atoms. The van der Waals surface area contributed by atoms with Crippen LogP contribution in [0.15, 0.2) is 24.3 Å². The van der Waals surface area contributed by atoms with Crippen LogP contribution in [0.4, 0.5) is 0 Å². The predicted octanol–water partition coefficient (Wildman–Crippen LogP) is 1.29. The second-order valence-electron chi connectivity index (χ2n) is 3.11. The number of thioether (sulfide) groups is 1. The number of nitrogens with two attached hydrogens (primary N) is 1. The van der Waals surface area contributed by atoms with Crippen LogP contribution in [0, 0.1) is 0 Å². The highest BCUT2D eigenvalue weighted by atomic mass is 35.5. The van der Waals surface area contributed by atoms with Crippen LogP contribution in [-0.4, -0.2) is 16.7 Å². The van der Waals surface area contributed by atoms with Crippen molar-refractivity contribution in [2.24, 2.45) is 5.84 Å². The van der Waals surface area contributed by atoms with Gasteiger partial charge in [-0.3, -0.25) is 10.6 Å². The summed E-state index contributed by atoms with van der Waals surface area (Å²) in [5, 5.41) is 2.04. The molecule has 80 valence electrons. The van der Waals surface area contributed by atoms with Crippen molar-refractivity contribution in [1.82, 2.24) is 10.5 Å². The molecule has 0 aliphatic carbocycles. The van der Waals surface area contributed by atoms with Crippen LogP contribution in [0.25, 0.3) is 0 Å². The van der Waals surface area contributed by atoms with Crippen molar-refractivity contribution in [3.63, 3.8) is 0 Å². The Labute approximate surface area is 96.7 Å². The van der Waals surface area contributed by atoms with Gasteiger partial charge in [0.05, 0.1) is 5.75 Å². The minimum absolute atomic E-state index is 0.0116. The maximum Gasteiger partial charge on any atom is 0.249 e. The lowest BCUT2D eigenvalue weighted by molar-refractivity contribution is -0.131. The summed E-state index contributed by atoms with van der Waals surface area (Å²) in [4.78, 5) is 11.4. The molecule has 0 radical (unpaired) electrons. The second-order valence-corrected chi connectivity index (χ2v) is 4.61. The average Bonchev–Trinajstić information content (AvgIpc) is 2.61. The van der Waals surface area contributed by atoms with Gasteiger partial charge in [-0.15, -0.1) is 11.8 Å². The summed E-state index contributed by atoms with van der Waals surface area (Å²) >= 11 is 7.32. The molecular formula is C9H10ClN3OS. The highest BCUT2D eigenvalue weighted by Gasteiger charge is 2.32. The summed E-state index contributed by atoms with van der Waals surface area (Å²) in [5.74, 6) is 5.73. The molecule has 1 aromatic carbocycles. The number of hydrazine groups is 2. The molecule has 1 fully saturated rings. The van der Waals surface area contributed by atoms with Crippen molar-refractivity contribution in [3.8, 4) is 0 Å². The summed E-state index contributed by atoms with van der Waals surface area (Å²) in [7, 11) is 0. The number of halogens is 1. The number of hydrogen-bond donors (Lipinski definition) is 2. The molecule has 0 aromatic heterocycles. The Morgan fingerprint density at radius 1 is 1.47 bits per heavy atom. The van der Waals surface area contributed by atoms with Crippen molar-refractivity contribution in [2.75, 3.05) is 5.75 Å². The maximum absolute atomic E-state index is 11.4. The van der Waals surface area contributed by atoms with Crippen molar-refractivity contribution in [2.45, 2.75) is 5.37 Å². The third kappa shape index (κ3) is 2.10. The zero-order valence-corrected chi connectivity index (χ0v) is 9.39. The van der Waals surface area contributed by atoms with Crippen LogP contribution in [-0.2, 0) is 4.79 Å². The lowest BCUT2D eigenvalue weighted by Crippen LogP contribution is -2.45. The van der Waals surface area contributed by atoms with Crippen LogP contribution in [0.1, 0.15) is 10.9 Å². The Hall–Kier alpha value is -0.750. The molecule has 0 bridgehead atoms. The quantitative estimate of drug-likeness (QED) is 0.607. The molecule has 1 unspecified atom stereocenters. The van der Waals surface area contributed by atoms with Crippen LogP contribution in [0.2, 0.25) is 5.02 Å². The summed E-state index contributed by atoms with van der Waals surface area (Å²) in [6.07, 6.45) is 0. The Morgan fingerprint density at radius 2 is 2.13 bits per heavy atom. The van der Waals surface area contributed by atoms with E-state index in [4.69, 9.17) is 17.4 Å². The third-order valence-corrected chi connectivity index (χ3v) is 3.63. The molecule has 2 rings (SSSR count). The van der Waals surface area contributed by atoms with E-state index in [0.29, 0.717) is 10.8 Å². The summed E-state index contributed by atoms with van der Waals surface area (Å²) in [5.41, 5.74) is 3.41. The van der Waals surface area contributed by atoms with Crippen molar-refractivity contribution in [1.29, 1.82) is 0 Å². The first-order chi connectivity index (χ1) is 7.22. The number of nitrogens with zero attached hydrogens (tertiary/aromatic N) is 1. The average molecular weight is 244 g/mol. The van der Waals surface area contributed by atoms with E-state index in [2.05, 4.69) is 5.53 Å². The van der Waals surface area contributed by atoms with E-state index in [1.165, 1.54) is 16.8 Å². The smallest absolute Gasteiger partial charge is 0.249 e. The van der Waals surface area contributed by atoms with Gasteiger partial charge in [-0.05, 0) is 17.7 Å². The lowest BCUT2D eigenvalue weighted by Gasteiger charge is -2.22. The number of rotatable bonds is 2. The van der Waals surface area contributed by atoms with Gasteiger partial charge in [-0.25, -0.2) is 5.01 Å². The van der Waals surface area contributed by atoms with Gasteiger partial charge < -0.3 is 0 Å². The van der Waals surface area contributed by atoms with Crippen molar-refractivity contribution < 1.29 is 4.79 Å². The van der Waals surface area contributed by atoms with Gasteiger partial charge in [0.25, 0.3) is 0 Å². The Balaban J connectivity index is 2.23. The number of amides is 1. The lowest BCUT2D eigenvalue weighted by atomic mass is 10.2. The molecule has 4 nitrogen and oxygen atoms in total. The van der Waals surface area contributed by atoms with Crippen LogP contribution >= 0.6 is 23.4 Å². The molecule has 1 saturated heterocycles. The van der Waals surface area contributed by atoms with E-state index >= 15 is 0 Å². The van der Waals surface area contributed by atoms with Crippen molar-refractivity contribution >= 4 is 29.3 Å². The fourth-order valence-corrected chi connectivity index (χ4v) is 2.68. The molecule has 6 heteroatoms. The number of nitrogens with one attached hydrogen (secondary N) is 1. The van der Waals surface area contributed by atoms with Gasteiger partial charge in [0.15, 0.2) is 0 Å². The maximum atomic E-state index is 11.4. The Kier molecular flexibility index (Phi) is 3.16. The SMILES string of the molecule is NNN1C(=O)CSC1c1ccc(Cl)cc1. The number of carbonyl (C=O) groups is 1. The molecule has 1 heterocycles. The van der Waals surface area contributed by atoms with E-state index in [1.807, 2.05) is 12.1 Å². The number of carbonyl (C=O) groups excluding carboxylic acids is 1. The van der Waals surface area contributed by atoms with Gasteiger partial charge in [-0.1, -0.05) is 23.7 Å². The minimum atomic E-state index is -0.0697. The largest absolute Gasteiger partial charge is 0.272 e. The Morgan fingerprint density at radius 3 is 2.73 bits per heavy atom. The first kappa shape index (κ1) is 10.8. The van der Waals surface area contributed by atoms with E-state index in [1.54, 1.807) is 12.1 Å². The highest BCUT2D eigenvalue weighted by molar-refractivity contribution is 8.00. The molecular weight excluding hydrogens is 234 g/mol. The molecule has 1 aliphatic heterocycles. The van der Waals surface area contributed by atoms with Gasteiger partial charge in [0.2, 0.25) is 5.91 Å². The molecule has 3 N–H and O–H groups in total. The summed E-state index contributed by atoms with van der Waals surface area (Å²) in [6.45, 7) is 0. The van der Waals surface area contributed by atoms with Crippen LogP contribution < -0.4 is 11.4 Å². The molecule has 15 heavy (non-hydrogen) atoms. The number of benzene rings is 1. The first-order valence-corrected chi connectivity index (χ1v) is 5.80. The van der Waals surface area contributed by atoms with Crippen LogP contribution in [0.5, 0.6) is 0 Å². The van der Waals surface area contributed by atoms with Gasteiger partial charge >= 0.3 is 0 Å². The molecule has 0 saturated carbocycles. The zero-order valence-electron chi connectivity index (χ0n) is 7.81. The zero-order chi connectivity index (χ0) is 10.8. The monoisotopic (exact) mass is 243 g/mol. The molecule has 1 amide bonds. The van der Waals surface area contributed by atoms with Gasteiger partial charge in [0.1, 0.15) is 5.37 Å². The van der Waals surface area contributed by atoms with Crippen molar-refractivity contribution in [3.05, 3.63) is 34.9 Å². The van der Waals surface area contributed by atoms with E-state index in [9.17, 15) is 4.79 Å². The summed E-state index contributed by atoms with van der Waals surface area (Å²) in [6, 6.07) is 7.38. The Bertz CT molecular complexity index is 370. The normalized spacial score (nSPS) is 21.1. The molecule has 1 aliphatic rings. The fraction of sp³-hybridized carbons (Fsp3) is 0.222. The first-order valence-electron chi connectivity index (χ1n) is 4.38. The van der Waals surface area contributed by atoms with Gasteiger partial charge in [-0.2, -0.15) is 5.53 Å². The van der Waals surface area contributed by atoms with E-state index in [0.717, 1.165) is 5.56 Å². The second kappa shape index (κ2) is 4.40. The molecule has 1 aromatic rings. The predicted molar refractivity (Wildman–Crippen MR) is 60.8 cm³/mol. The molecule has 1 atom stereocenters. The highest BCUT2D eigenvalue weighted by Crippen LogP contribution is 2.37. The van der Waals surface area contributed by atoms with Gasteiger partial charge in [0, 0.05) is 5.02 Å². The number of hydrogen-bond acceptors (Lipinski definition) is 4. The fourth-order valence-electron chi connectivity index (χ4n) is 1.44. The third-order valence-electron chi connectivity index (χ3n) is 2.16. The van der Waals surface area contributed by atoms with E-state index in [-0.39, 0.29) is 11.3 Å². The van der Waals surface area contributed by atoms with Crippen LogP contribution in [0.3, 0.4) is 0 Å². The minimum Gasteiger partial charge on any atom is -0.272 e. The standard InChI is InChI=1S/C9H10ClN3OS/c10-7-3-1-6(2-4-7)9-13(12-11)8(14)5-15-9/h1-4,9,12H,5,11H2. The summed E-state index contributed by atoms with van der Waals surface area (Å²) < 4.78 is 0.